The molecular weight excluding hydrogens is 106 g/mol. The van der Waals surface area contributed by atoms with Gasteiger partial charge in [0.2, 0.25) is 0 Å². The van der Waals surface area contributed by atoms with Crippen LogP contribution in [0.4, 0.5) is 0 Å². The molecule has 0 atom stereocenters. The Morgan fingerprint density at radius 3 is 2.57 bits per heavy atom. The van der Waals surface area contributed by atoms with Crippen LogP contribution in [0.5, 0.6) is 0 Å². The van der Waals surface area contributed by atoms with Gasteiger partial charge < -0.3 is 5.73 Å². The van der Waals surface area contributed by atoms with Crippen molar-refractivity contribution >= 4 is 11.8 Å². The number of hydrogen-bond acceptors (Lipinski definition) is 2. The van der Waals surface area contributed by atoms with E-state index in [9.17, 15) is 0 Å². The number of nitrogens with two attached hydrogens (primary N) is 1. The van der Waals surface area contributed by atoms with E-state index in [0.717, 1.165) is 4.91 Å². The number of allylic oxidation sites excluding steroid dienone is 1. The lowest BCUT2D eigenvalue weighted by molar-refractivity contribution is 1.63. The molecule has 0 aromatic heterocycles. The minimum absolute atomic E-state index is 1.06. The van der Waals surface area contributed by atoms with E-state index in [0.29, 0.717) is 0 Å². The van der Waals surface area contributed by atoms with Gasteiger partial charge in [0.05, 0.1) is 0 Å². The smallest absolute Gasteiger partial charge is 0.000532 e. The Balaban J connectivity index is 3.14. The molecule has 7 heavy (non-hydrogen) atoms. The minimum atomic E-state index is 1.06. The van der Waals surface area contributed by atoms with Crippen molar-refractivity contribution in [2.24, 2.45) is 5.73 Å². The van der Waals surface area contributed by atoms with Gasteiger partial charge in [-0.1, -0.05) is 6.58 Å². The Morgan fingerprint density at radius 1 is 1.86 bits per heavy atom. The van der Waals surface area contributed by atoms with Crippen LogP contribution >= 0.6 is 11.8 Å². The maximum absolute atomic E-state index is 5.03. The summed E-state index contributed by atoms with van der Waals surface area (Å²) in [4.78, 5) is 1.06. The largest absolute Gasteiger partial charge is 0.404 e. The van der Waals surface area contributed by atoms with Gasteiger partial charge >= 0.3 is 0 Å². The van der Waals surface area contributed by atoms with Crippen LogP contribution in [0.1, 0.15) is 6.92 Å². The summed E-state index contributed by atoms with van der Waals surface area (Å²) in [6.07, 6.45) is 1.50. The van der Waals surface area contributed by atoms with E-state index in [1.165, 1.54) is 18.0 Å². The van der Waals surface area contributed by atoms with Crippen molar-refractivity contribution < 1.29 is 0 Å². The first-order chi connectivity index (χ1) is 3.27. The maximum Gasteiger partial charge on any atom is 0.000532 e. The fourth-order valence-corrected chi connectivity index (χ4v) is 0.466. The standard InChI is InChI=1S/C5H9NS/c1-5(2)7-4-3-6/h3-4H,1,6H2,2H3/b4-3-. The SMILES string of the molecule is C=C(C)S/C=C\N. The molecule has 0 aliphatic heterocycles. The monoisotopic (exact) mass is 115 g/mol. The second-order valence-corrected chi connectivity index (χ2v) is 2.35. The summed E-state index contributed by atoms with van der Waals surface area (Å²) in [6, 6.07) is 0. The first-order valence-electron chi connectivity index (χ1n) is 1.96. The summed E-state index contributed by atoms with van der Waals surface area (Å²) in [5.41, 5.74) is 5.03. The summed E-state index contributed by atoms with van der Waals surface area (Å²) in [7, 11) is 0. The van der Waals surface area contributed by atoms with E-state index >= 15 is 0 Å². The van der Waals surface area contributed by atoms with Crippen molar-refractivity contribution in [2.75, 3.05) is 0 Å². The van der Waals surface area contributed by atoms with E-state index < -0.39 is 0 Å². The van der Waals surface area contributed by atoms with Crippen molar-refractivity contribution in [3.8, 4) is 0 Å². The van der Waals surface area contributed by atoms with E-state index in [1.54, 1.807) is 5.41 Å². The van der Waals surface area contributed by atoms with Crippen molar-refractivity contribution in [1.82, 2.24) is 0 Å². The Labute approximate surface area is 48.3 Å². The predicted molar refractivity (Wildman–Crippen MR) is 35.7 cm³/mol. The molecule has 0 rings (SSSR count). The van der Waals surface area contributed by atoms with E-state index in [-0.39, 0.29) is 0 Å². The van der Waals surface area contributed by atoms with E-state index in [4.69, 9.17) is 5.73 Å². The number of rotatable bonds is 2. The molecule has 0 aromatic carbocycles. The van der Waals surface area contributed by atoms with Crippen molar-refractivity contribution in [3.63, 3.8) is 0 Å². The van der Waals surface area contributed by atoms with Crippen molar-refractivity contribution in [2.45, 2.75) is 6.92 Å². The Morgan fingerprint density at radius 2 is 2.43 bits per heavy atom. The van der Waals surface area contributed by atoms with Crippen LogP contribution < -0.4 is 5.73 Å². The van der Waals surface area contributed by atoms with Gasteiger partial charge in [-0.25, -0.2) is 0 Å². The molecule has 0 amide bonds. The molecule has 0 fully saturated rings. The molecule has 2 N–H and O–H groups in total. The predicted octanol–water partition coefficient (Wildman–Crippen LogP) is 1.68. The van der Waals surface area contributed by atoms with Gasteiger partial charge in [0.15, 0.2) is 0 Å². The van der Waals surface area contributed by atoms with Crippen LogP contribution in [0.3, 0.4) is 0 Å². The van der Waals surface area contributed by atoms with E-state index in [1.807, 2.05) is 6.92 Å². The third-order valence-electron chi connectivity index (χ3n) is 0.348. The zero-order chi connectivity index (χ0) is 5.70. The topological polar surface area (TPSA) is 26.0 Å². The van der Waals surface area contributed by atoms with Crippen LogP contribution in [0.25, 0.3) is 0 Å². The molecule has 0 radical (unpaired) electrons. The molecule has 40 valence electrons. The third-order valence-corrected chi connectivity index (χ3v) is 1.04. The molecule has 0 bridgehead atoms. The molecule has 0 aliphatic carbocycles. The number of hydrogen-bond donors (Lipinski definition) is 1. The fraction of sp³-hybridized carbons (Fsp3) is 0.200. The molecule has 0 aromatic rings. The lowest BCUT2D eigenvalue weighted by Crippen LogP contribution is -1.71. The van der Waals surface area contributed by atoms with Gasteiger partial charge in [-0.05, 0) is 17.2 Å². The second kappa shape index (κ2) is 3.81. The minimum Gasteiger partial charge on any atom is -0.404 e. The van der Waals surface area contributed by atoms with Gasteiger partial charge in [0, 0.05) is 6.20 Å². The van der Waals surface area contributed by atoms with Crippen LogP contribution in [0, 0.1) is 0 Å². The maximum atomic E-state index is 5.03. The number of thioether (sulfide) groups is 1. The molecule has 0 heterocycles. The summed E-state index contributed by atoms with van der Waals surface area (Å²) in [5, 5.41) is 1.79. The summed E-state index contributed by atoms with van der Waals surface area (Å²) in [6.45, 7) is 5.58. The van der Waals surface area contributed by atoms with Gasteiger partial charge in [-0.2, -0.15) is 0 Å². The molecule has 2 heteroatoms. The summed E-state index contributed by atoms with van der Waals surface area (Å²) < 4.78 is 0. The van der Waals surface area contributed by atoms with Crippen molar-refractivity contribution in [3.05, 3.63) is 23.1 Å². The Hall–Kier alpha value is -0.370. The van der Waals surface area contributed by atoms with Gasteiger partial charge in [0.25, 0.3) is 0 Å². The quantitative estimate of drug-likeness (QED) is 0.592. The normalized spacial score (nSPS) is 9.86. The molecule has 0 saturated heterocycles. The average molecular weight is 115 g/mol. The highest BCUT2D eigenvalue weighted by Crippen LogP contribution is 2.11. The Bertz CT molecular complexity index is 86.1. The lowest BCUT2D eigenvalue weighted by atomic mass is 10.8. The highest BCUT2D eigenvalue weighted by molar-refractivity contribution is 8.05. The van der Waals surface area contributed by atoms with Crippen LogP contribution in [-0.4, -0.2) is 0 Å². The zero-order valence-electron chi connectivity index (χ0n) is 4.35. The van der Waals surface area contributed by atoms with Crippen LogP contribution in [-0.2, 0) is 0 Å². The Kier molecular flexibility index (Phi) is 3.61. The zero-order valence-corrected chi connectivity index (χ0v) is 5.16. The molecule has 0 saturated carbocycles. The van der Waals surface area contributed by atoms with Crippen LogP contribution in [0.2, 0.25) is 0 Å². The first-order valence-corrected chi connectivity index (χ1v) is 2.84. The third kappa shape index (κ3) is 5.63. The summed E-state index contributed by atoms with van der Waals surface area (Å²) in [5.74, 6) is 0. The lowest BCUT2D eigenvalue weighted by Gasteiger charge is -1.84. The first kappa shape index (κ1) is 6.63. The highest BCUT2D eigenvalue weighted by atomic mass is 32.2. The molecular formula is C5H9NS. The average Bonchev–Trinajstić information content (AvgIpc) is 1.61. The molecule has 0 spiro atoms. The highest BCUT2D eigenvalue weighted by Gasteiger charge is 1.74. The van der Waals surface area contributed by atoms with Crippen molar-refractivity contribution in [1.29, 1.82) is 0 Å². The van der Waals surface area contributed by atoms with Gasteiger partial charge in [-0.3, -0.25) is 0 Å². The van der Waals surface area contributed by atoms with E-state index in [2.05, 4.69) is 6.58 Å². The summed E-state index contributed by atoms with van der Waals surface area (Å²) >= 11 is 1.53. The van der Waals surface area contributed by atoms with Crippen LogP contribution in [0.15, 0.2) is 23.1 Å². The second-order valence-electron chi connectivity index (χ2n) is 1.15. The molecule has 1 nitrogen and oxygen atoms in total. The van der Waals surface area contributed by atoms with Gasteiger partial charge in [0.1, 0.15) is 0 Å². The molecule has 0 aliphatic rings. The fourth-order valence-electron chi connectivity index (χ4n) is 0.155. The molecule has 0 unspecified atom stereocenters. The van der Waals surface area contributed by atoms with Gasteiger partial charge in [-0.15, -0.1) is 11.8 Å².